The Hall–Kier alpha value is -2.18. The van der Waals surface area contributed by atoms with E-state index >= 15 is 0 Å². The number of hydrogen-bond donors (Lipinski definition) is 4. The van der Waals surface area contributed by atoms with Crippen molar-refractivity contribution >= 4 is 11.3 Å². The summed E-state index contributed by atoms with van der Waals surface area (Å²) in [4.78, 5) is 3.87. The van der Waals surface area contributed by atoms with E-state index < -0.39 is 29.5 Å². The average Bonchev–Trinajstić information content (AvgIpc) is 2.84. The summed E-state index contributed by atoms with van der Waals surface area (Å²) in [7, 11) is 0. The summed E-state index contributed by atoms with van der Waals surface area (Å²) in [6.45, 7) is 0. The monoisotopic (exact) mass is 288 g/mol. The topological polar surface area (TPSA) is 126 Å². The highest BCUT2D eigenvalue weighted by molar-refractivity contribution is 5.66. The van der Waals surface area contributed by atoms with E-state index in [4.69, 9.17) is 16.9 Å². The minimum atomic E-state index is -1.75. The summed E-state index contributed by atoms with van der Waals surface area (Å²) < 4.78 is 6.99. The average molecular weight is 288 g/mol. The molecule has 1 aliphatic carbocycles. The molecule has 8 heteroatoms. The number of nitrogens with two attached hydrogens (primary N) is 1. The number of nitrogen functional groups attached to an aromatic ring is 1. The number of aliphatic hydroxyl groups excluding tert-OH is 2. The zero-order chi connectivity index (χ0) is 15.0. The van der Waals surface area contributed by atoms with Crippen molar-refractivity contribution in [3.8, 4) is 12.3 Å². The van der Waals surface area contributed by atoms with Gasteiger partial charge in [-0.25, -0.2) is 9.50 Å². The molecule has 1 aliphatic heterocycles. The highest BCUT2D eigenvalue weighted by atomic mass is 16.6. The van der Waals surface area contributed by atoms with Crippen LogP contribution in [0.25, 0.3) is 5.52 Å². The van der Waals surface area contributed by atoms with Crippen molar-refractivity contribution < 1.29 is 20.1 Å². The number of rotatable bonds is 1. The predicted octanol–water partition coefficient (Wildman–Crippen LogP) is -1.99. The first kappa shape index (κ1) is 12.6. The fourth-order valence-electron chi connectivity index (χ4n) is 3.03. The van der Waals surface area contributed by atoms with Gasteiger partial charge in [0.15, 0.2) is 17.0 Å². The molecule has 4 rings (SSSR count). The molecule has 5 atom stereocenters. The Kier molecular flexibility index (Phi) is 2.11. The minimum absolute atomic E-state index is 0.250. The molecule has 0 spiro atoms. The second kappa shape index (κ2) is 3.52. The molecule has 108 valence electrons. The van der Waals surface area contributed by atoms with Crippen molar-refractivity contribution in [1.82, 2.24) is 14.6 Å². The summed E-state index contributed by atoms with van der Waals surface area (Å²) in [6.07, 6.45) is 3.24. The van der Waals surface area contributed by atoms with Crippen LogP contribution in [0.5, 0.6) is 0 Å². The maximum Gasteiger partial charge on any atom is 0.199 e. The normalized spacial score (nSPS) is 41.0. The molecule has 3 heterocycles. The van der Waals surface area contributed by atoms with E-state index in [1.54, 1.807) is 12.1 Å². The molecule has 1 unspecified atom stereocenters. The van der Waals surface area contributed by atoms with Crippen molar-refractivity contribution in [3.63, 3.8) is 0 Å². The molecule has 1 saturated heterocycles. The minimum Gasteiger partial charge on any atom is -0.387 e. The van der Waals surface area contributed by atoms with Gasteiger partial charge in [0, 0.05) is 0 Å². The lowest BCUT2D eigenvalue weighted by Crippen LogP contribution is -2.47. The number of aliphatic hydroxyl groups is 3. The first-order valence-corrected chi connectivity index (χ1v) is 6.29. The maximum atomic E-state index is 10.4. The van der Waals surface area contributed by atoms with Crippen LogP contribution < -0.4 is 5.73 Å². The van der Waals surface area contributed by atoms with E-state index in [0.29, 0.717) is 11.2 Å². The Morgan fingerprint density at radius 1 is 1.43 bits per heavy atom. The zero-order valence-corrected chi connectivity index (χ0v) is 10.7. The lowest BCUT2D eigenvalue weighted by molar-refractivity contribution is -0.105. The number of hydrogen-bond acceptors (Lipinski definition) is 7. The van der Waals surface area contributed by atoms with E-state index in [2.05, 4.69) is 16.0 Å². The van der Waals surface area contributed by atoms with Crippen LogP contribution in [-0.4, -0.2) is 53.8 Å². The van der Waals surface area contributed by atoms with Crippen LogP contribution in [0.2, 0.25) is 0 Å². The van der Waals surface area contributed by atoms with Gasteiger partial charge in [0.25, 0.3) is 0 Å². The molecule has 0 amide bonds. The first-order valence-electron chi connectivity index (χ1n) is 6.29. The predicted molar refractivity (Wildman–Crippen MR) is 69.7 cm³/mol. The van der Waals surface area contributed by atoms with Gasteiger partial charge < -0.3 is 25.8 Å². The second-order valence-electron chi connectivity index (χ2n) is 5.31. The number of anilines is 1. The van der Waals surface area contributed by atoms with Crippen molar-refractivity contribution in [2.45, 2.75) is 29.5 Å². The van der Waals surface area contributed by atoms with Gasteiger partial charge in [-0.15, -0.1) is 6.42 Å². The van der Waals surface area contributed by atoms with Crippen LogP contribution in [0.4, 0.5) is 5.82 Å². The van der Waals surface area contributed by atoms with Gasteiger partial charge in [-0.05, 0) is 12.1 Å². The molecule has 2 aromatic heterocycles. The van der Waals surface area contributed by atoms with Gasteiger partial charge in [0.1, 0.15) is 30.2 Å². The van der Waals surface area contributed by atoms with E-state index in [1.807, 2.05) is 0 Å². The molecule has 2 aromatic rings. The fourth-order valence-corrected chi connectivity index (χ4v) is 3.03. The molecule has 21 heavy (non-hydrogen) atoms. The number of nitrogens with zero attached hydrogens (tertiary/aromatic N) is 3. The van der Waals surface area contributed by atoms with Crippen LogP contribution >= 0.6 is 0 Å². The van der Waals surface area contributed by atoms with Gasteiger partial charge in [-0.3, -0.25) is 0 Å². The summed E-state index contributed by atoms with van der Waals surface area (Å²) in [5.41, 5.74) is 3.24. The number of fused-ring (bicyclic) bond motifs is 2. The van der Waals surface area contributed by atoms with Crippen LogP contribution in [0.15, 0.2) is 18.5 Å². The Bertz CT molecular complexity index is 799. The van der Waals surface area contributed by atoms with Crippen molar-refractivity contribution in [1.29, 1.82) is 0 Å². The number of ether oxygens (including phenoxy) is 1. The summed E-state index contributed by atoms with van der Waals surface area (Å²) >= 11 is 0. The van der Waals surface area contributed by atoms with Gasteiger partial charge in [0.2, 0.25) is 0 Å². The third-order valence-corrected chi connectivity index (χ3v) is 4.32. The van der Waals surface area contributed by atoms with E-state index in [0.717, 1.165) is 0 Å². The van der Waals surface area contributed by atoms with Crippen LogP contribution in [0, 0.1) is 12.3 Å². The van der Waals surface area contributed by atoms with Crippen LogP contribution in [0.1, 0.15) is 5.69 Å². The zero-order valence-electron chi connectivity index (χ0n) is 10.7. The second-order valence-corrected chi connectivity index (χ2v) is 5.31. The highest BCUT2D eigenvalue weighted by Gasteiger charge is 2.81. The number of aromatic nitrogens is 3. The molecule has 0 bridgehead atoms. The standard InChI is InChI=1S/C13H12N4O4/c1-2-12(11(19)13(20)8(18)9(13)21-12)7-4-3-6-10(14)15-5-16-17(6)7/h1,3-5,8-9,11,18-20H,(H2,14,15,16)/t8?,9-,11+,12+,13-/m1/s1. The maximum absolute atomic E-state index is 10.4. The largest absolute Gasteiger partial charge is 0.387 e. The molecule has 1 saturated carbocycles. The van der Waals surface area contributed by atoms with Gasteiger partial charge in [0.05, 0.1) is 5.69 Å². The fraction of sp³-hybridized carbons (Fsp3) is 0.385. The molecule has 8 nitrogen and oxygen atoms in total. The molecule has 2 fully saturated rings. The Morgan fingerprint density at radius 2 is 2.19 bits per heavy atom. The van der Waals surface area contributed by atoms with E-state index in [9.17, 15) is 15.3 Å². The lowest BCUT2D eigenvalue weighted by Gasteiger charge is -2.30. The first-order chi connectivity index (χ1) is 9.96. The Labute approximate surface area is 118 Å². The lowest BCUT2D eigenvalue weighted by atomic mass is 9.90. The van der Waals surface area contributed by atoms with Crippen LogP contribution in [0.3, 0.4) is 0 Å². The third-order valence-electron chi connectivity index (χ3n) is 4.32. The molecule has 0 radical (unpaired) electrons. The quantitative estimate of drug-likeness (QED) is 0.447. The summed E-state index contributed by atoms with van der Waals surface area (Å²) in [5, 5.41) is 34.3. The van der Waals surface area contributed by atoms with Gasteiger partial charge in [-0.2, -0.15) is 5.10 Å². The van der Waals surface area contributed by atoms with Crippen molar-refractivity contribution in [2.24, 2.45) is 0 Å². The van der Waals surface area contributed by atoms with Crippen molar-refractivity contribution in [2.75, 3.05) is 5.73 Å². The smallest absolute Gasteiger partial charge is 0.199 e. The molecular weight excluding hydrogens is 276 g/mol. The highest BCUT2D eigenvalue weighted by Crippen LogP contribution is 2.57. The van der Waals surface area contributed by atoms with Crippen molar-refractivity contribution in [3.05, 3.63) is 24.2 Å². The van der Waals surface area contributed by atoms with E-state index in [1.165, 1.54) is 10.8 Å². The van der Waals surface area contributed by atoms with E-state index in [-0.39, 0.29) is 5.82 Å². The molecule has 5 N–H and O–H groups in total. The molecule has 0 aromatic carbocycles. The Morgan fingerprint density at radius 3 is 2.81 bits per heavy atom. The SMILES string of the molecule is C#C[C@@]1(c2ccc3c(N)ncnn23)O[C@@H]2C(O)[C@]2(O)[C@H]1O. The van der Waals surface area contributed by atoms with Crippen LogP contribution in [-0.2, 0) is 10.3 Å². The molecular formula is C13H12N4O4. The summed E-state index contributed by atoms with van der Waals surface area (Å²) in [5.74, 6) is 2.63. The third kappa shape index (κ3) is 1.21. The Balaban J connectivity index is 1.92. The number of terminal acetylenes is 1. The summed E-state index contributed by atoms with van der Waals surface area (Å²) in [6, 6.07) is 3.24. The van der Waals surface area contributed by atoms with Gasteiger partial charge >= 0.3 is 0 Å². The van der Waals surface area contributed by atoms with Gasteiger partial charge in [-0.1, -0.05) is 5.92 Å². The molecule has 2 aliphatic rings.